The standard InChI is InChI=1S/C23H31N3O3/c1-23(2,3)25-22(28)19-14-13-18(26(4)17-10-7-6-8-11-17)16-20(19)24-15-9-12-21(27)29-5/h6-8,10-11,13-14,16,24H,9,12,15H2,1-5H3,(H,25,28). The van der Waals surface area contributed by atoms with E-state index in [1.165, 1.54) is 7.11 Å². The first kappa shape index (κ1) is 22.3. The highest BCUT2D eigenvalue weighted by atomic mass is 16.5. The highest BCUT2D eigenvalue weighted by molar-refractivity contribution is 6.00. The molecule has 6 heteroatoms. The Morgan fingerprint density at radius 2 is 1.72 bits per heavy atom. The Bertz CT molecular complexity index is 829. The van der Waals surface area contributed by atoms with Gasteiger partial charge in [0, 0.05) is 42.6 Å². The van der Waals surface area contributed by atoms with Gasteiger partial charge in [0.05, 0.1) is 12.7 Å². The Morgan fingerprint density at radius 3 is 2.34 bits per heavy atom. The van der Waals surface area contributed by atoms with Crippen molar-refractivity contribution in [3.63, 3.8) is 0 Å². The summed E-state index contributed by atoms with van der Waals surface area (Å²) < 4.78 is 4.68. The molecule has 0 saturated heterocycles. The van der Waals surface area contributed by atoms with Crippen molar-refractivity contribution in [2.24, 2.45) is 0 Å². The van der Waals surface area contributed by atoms with Crippen LogP contribution in [0, 0.1) is 0 Å². The minimum Gasteiger partial charge on any atom is -0.469 e. The fourth-order valence-electron chi connectivity index (χ4n) is 2.85. The summed E-state index contributed by atoms with van der Waals surface area (Å²) in [6.45, 7) is 6.41. The number of anilines is 3. The summed E-state index contributed by atoms with van der Waals surface area (Å²) in [6.07, 6.45) is 0.947. The van der Waals surface area contributed by atoms with Crippen LogP contribution in [0.15, 0.2) is 48.5 Å². The maximum Gasteiger partial charge on any atom is 0.305 e. The van der Waals surface area contributed by atoms with Crippen LogP contribution >= 0.6 is 0 Å². The number of nitrogens with zero attached hydrogens (tertiary/aromatic N) is 1. The zero-order valence-corrected chi connectivity index (χ0v) is 17.9. The van der Waals surface area contributed by atoms with Crippen LogP contribution in [0.25, 0.3) is 0 Å². The smallest absolute Gasteiger partial charge is 0.305 e. The van der Waals surface area contributed by atoms with Crippen LogP contribution in [-0.4, -0.2) is 38.1 Å². The highest BCUT2D eigenvalue weighted by Crippen LogP contribution is 2.28. The van der Waals surface area contributed by atoms with Crippen molar-refractivity contribution in [3.05, 3.63) is 54.1 Å². The second-order valence-electron chi connectivity index (χ2n) is 7.94. The van der Waals surface area contributed by atoms with Crippen LogP contribution in [0.2, 0.25) is 0 Å². The first-order valence-corrected chi connectivity index (χ1v) is 9.77. The molecule has 29 heavy (non-hydrogen) atoms. The summed E-state index contributed by atoms with van der Waals surface area (Å²) in [5.41, 5.74) is 2.98. The molecule has 6 nitrogen and oxygen atoms in total. The largest absolute Gasteiger partial charge is 0.469 e. The van der Waals surface area contributed by atoms with Crippen molar-refractivity contribution in [2.45, 2.75) is 39.2 Å². The summed E-state index contributed by atoms with van der Waals surface area (Å²) >= 11 is 0. The lowest BCUT2D eigenvalue weighted by atomic mass is 10.1. The van der Waals surface area contributed by atoms with Crippen molar-refractivity contribution in [1.29, 1.82) is 0 Å². The minimum absolute atomic E-state index is 0.137. The molecule has 2 aromatic rings. The van der Waals surface area contributed by atoms with E-state index in [4.69, 9.17) is 0 Å². The van der Waals surface area contributed by atoms with Gasteiger partial charge < -0.3 is 20.3 Å². The van der Waals surface area contributed by atoms with Crippen molar-refractivity contribution >= 4 is 28.9 Å². The summed E-state index contributed by atoms with van der Waals surface area (Å²) in [5, 5.41) is 6.32. The molecule has 0 unspecified atom stereocenters. The summed E-state index contributed by atoms with van der Waals surface area (Å²) in [4.78, 5) is 26.2. The molecular weight excluding hydrogens is 366 g/mol. The SMILES string of the molecule is COC(=O)CCCNc1cc(N(C)c2ccccc2)ccc1C(=O)NC(C)(C)C. The third kappa shape index (κ3) is 6.82. The van der Waals surface area contributed by atoms with Crippen LogP contribution in [0.3, 0.4) is 0 Å². The maximum atomic E-state index is 12.8. The Hall–Kier alpha value is -3.02. The lowest BCUT2D eigenvalue weighted by Crippen LogP contribution is -2.40. The first-order chi connectivity index (χ1) is 13.7. The van der Waals surface area contributed by atoms with E-state index in [0.717, 1.165) is 17.1 Å². The second-order valence-corrected chi connectivity index (χ2v) is 7.94. The Morgan fingerprint density at radius 1 is 1.03 bits per heavy atom. The normalized spacial score (nSPS) is 10.9. The van der Waals surface area contributed by atoms with E-state index < -0.39 is 0 Å². The summed E-state index contributed by atoms with van der Waals surface area (Å²) in [5.74, 6) is -0.378. The van der Waals surface area contributed by atoms with E-state index in [1.54, 1.807) is 0 Å². The number of para-hydroxylation sites is 1. The number of ether oxygens (including phenoxy) is 1. The molecule has 1 amide bonds. The van der Waals surface area contributed by atoms with Crippen LogP contribution in [-0.2, 0) is 9.53 Å². The van der Waals surface area contributed by atoms with Gasteiger partial charge in [-0.1, -0.05) is 18.2 Å². The van der Waals surface area contributed by atoms with Gasteiger partial charge in [-0.3, -0.25) is 9.59 Å². The number of amides is 1. The van der Waals surface area contributed by atoms with Crippen molar-refractivity contribution in [3.8, 4) is 0 Å². The molecule has 0 aromatic heterocycles. The molecule has 2 aromatic carbocycles. The third-order valence-corrected chi connectivity index (χ3v) is 4.37. The van der Waals surface area contributed by atoms with Crippen LogP contribution in [0.1, 0.15) is 44.0 Å². The molecule has 0 heterocycles. The molecule has 0 fully saturated rings. The molecule has 0 radical (unpaired) electrons. The molecule has 0 aliphatic heterocycles. The van der Waals surface area contributed by atoms with E-state index in [-0.39, 0.29) is 17.4 Å². The Kier molecular flexibility index (Phi) is 7.65. The van der Waals surface area contributed by atoms with Crippen LogP contribution < -0.4 is 15.5 Å². The van der Waals surface area contributed by atoms with E-state index in [2.05, 4.69) is 20.3 Å². The molecule has 0 spiro atoms. The minimum atomic E-state index is -0.335. The number of hydrogen-bond acceptors (Lipinski definition) is 5. The van der Waals surface area contributed by atoms with Crippen molar-refractivity contribution in [2.75, 3.05) is 30.9 Å². The van der Waals surface area contributed by atoms with Gasteiger partial charge in [-0.15, -0.1) is 0 Å². The second kappa shape index (κ2) is 9.96. The number of hydrogen-bond donors (Lipinski definition) is 2. The van der Waals surface area contributed by atoms with E-state index in [9.17, 15) is 9.59 Å². The monoisotopic (exact) mass is 397 g/mol. The number of nitrogens with one attached hydrogen (secondary N) is 2. The van der Waals surface area contributed by atoms with Gasteiger partial charge in [-0.2, -0.15) is 0 Å². The number of rotatable bonds is 8. The fourth-order valence-corrected chi connectivity index (χ4v) is 2.85. The van der Waals surface area contributed by atoms with Crippen LogP contribution in [0.4, 0.5) is 17.1 Å². The molecule has 0 atom stereocenters. The van der Waals surface area contributed by atoms with E-state index in [0.29, 0.717) is 24.9 Å². The topological polar surface area (TPSA) is 70.7 Å². The summed E-state index contributed by atoms with van der Waals surface area (Å²) in [6, 6.07) is 15.7. The molecule has 0 saturated carbocycles. The maximum absolute atomic E-state index is 12.8. The Labute approximate surface area is 173 Å². The van der Waals surface area contributed by atoms with Gasteiger partial charge in [0.1, 0.15) is 0 Å². The third-order valence-electron chi connectivity index (χ3n) is 4.37. The zero-order valence-electron chi connectivity index (χ0n) is 17.9. The predicted octanol–water partition coefficient (Wildman–Crippen LogP) is 4.35. The van der Waals surface area contributed by atoms with Gasteiger partial charge in [0.25, 0.3) is 5.91 Å². The van der Waals surface area contributed by atoms with Crippen molar-refractivity contribution < 1.29 is 14.3 Å². The lowest BCUT2D eigenvalue weighted by molar-refractivity contribution is -0.140. The van der Waals surface area contributed by atoms with Crippen LogP contribution in [0.5, 0.6) is 0 Å². The number of methoxy groups -OCH3 is 1. The van der Waals surface area contributed by atoms with Gasteiger partial charge in [-0.25, -0.2) is 0 Å². The van der Waals surface area contributed by atoms with E-state index >= 15 is 0 Å². The zero-order chi connectivity index (χ0) is 21.4. The number of benzene rings is 2. The highest BCUT2D eigenvalue weighted by Gasteiger charge is 2.19. The number of esters is 1. The molecule has 2 rings (SSSR count). The molecular formula is C23H31N3O3. The van der Waals surface area contributed by atoms with Gasteiger partial charge in [0.15, 0.2) is 0 Å². The quantitative estimate of drug-likeness (QED) is 0.512. The first-order valence-electron chi connectivity index (χ1n) is 9.77. The Balaban J connectivity index is 2.25. The predicted molar refractivity (Wildman–Crippen MR) is 118 cm³/mol. The van der Waals surface area contributed by atoms with Gasteiger partial charge >= 0.3 is 5.97 Å². The number of carbonyl (C=O) groups excluding carboxylic acids is 2. The van der Waals surface area contributed by atoms with Crippen molar-refractivity contribution in [1.82, 2.24) is 5.32 Å². The number of carbonyl (C=O) groups is 2. The molecule has 2 N–H and O–H groups in total. The molecule has 156 valence electrons. The lowest BCUT2D eigenvalue weighted by Gasteiger charge is -2.24. The molecule has 0 aliphatic rings. The molecule has 0 bridgehead atoms. The van der Waals surface area contributed by atoms with Gasteiger partial charge in [0.2, 0.25) is 0 Å². The molecule has 0 aliphatic carbocycles. The average Bonchev–Trinajstić information content (AvgIpc) is 2.69. The average molecular weight is 398 g/mol. The van der Waals surface area contributed by atoms with Gasteiger partial charge in [-0.05, 0) is 57.5 Å². The summed E-state index contributed by atoms with van der Waals surface area (Å²) in [7, 11) is 3.37. The fraction of sp³-hybridized carbons (Fsp3) is 0.391. The van der Waals surface area contributed by atoms with E-state index in [1.807, 2.05) is 76.3 Å².